The van der Waals surface area contributed by atoms with E-state index < -0.39 is 0 Å². The third kappa shape index (κ3) is 2.65. The number of aromatic nitrogens is 1. The van der Waals surface area contributed by atoms with Gasteiger partial charge in [-0.05, 0) is 37.6 Å². The number of hydrogen-bond acceptors (Lipinski definition) is 3. The predicted octanol–water partition coefficient (Wildman–Crippen LogP) is 3.12. The Morgan fingerprint density at radius 1 is 1.28 bits per heavy atom. The molecule has 0 aliphatic rings. The van der Waals surface area contributed by atoms with Gasteiger partial charge in [-0.1, -0.05) is 29.9 Å². The van der Waals surface area contributed by atoms with E-state index in [0.29, 0.717) is 11.4 Å². The van der Waals surface area contributed by atoms with Crippen molar-refractivity contribution >= 4 is 17.2 Å². The minimum atomic E-state index is 0.280. The first-order chi connectivity index (χ1) is 8.58. The zero-order chi connectivity index (χ0) is 13.1. The van der Waals surface area contributed by atoms with Crippen LogP contribution in [0.4, 0.5) is 0 Å². The Morgan fingerprint density at radius 3 is 2.72 bits per heavy atom. The van der Waals surface area contributed by atoms with Gasteiger partial charge in [0.25, 0.3) is 0 Å². The molecule has 0 unspecified atom stereocenters. The normalized spacial score (nSPS) is 10.1. The molecule has 0 amide bonds. The van der Waals surface area contributed by atoms with Gasteiger partial charge in [-0.3, -0.25) is 0 Å². The summed E-state index contributed by atoms with van der Waals surface area (Å²) in [5, 5.41) is 0. The Bertz CT molecular complexity index is 596. The number of nitrogens with zero attached hydrogens (tertiary/aromatic N) is 1. The topological polar surface area (TPSA) is 48.1 Å². The summed E-state index contributed by atoms with van der Waals surface area (Å²) in [4.78, 5) is 4.45. The van der Waals surface area contributed by atoms with Crippen LogP contribution in [0.15, 0.2) is 36.5 Å². The predicted molar refractivity (Wildman–Crippen MR) is 76.1 cm³/mol. The Labute approximate surface area is 112 Å². The Kier molecular flexibility index (Phi) is 3.58. The van der Waals surface area contributed by atoms with Gasteiger partial charge < -0.3 is 10.5 Å². The number of rotatable bonds is 3. The van der Waals surface area contributed by atoms with Gasteiger partial charge in [0.15, 0.2) is 0 Å². The molecule has 0 saturated heterocycles. The van der Waals surface area contributed by atoms with Crippen LogP contribution >= 0.6 is 12.2 Å². The molecule has 1 aromatic carbocycles. The van der Waals surface area contributed by atoms with Crippen molar-refractivity contribution in [1.29, 1.82) is 0 Å². The molecule has 0 aliphatic carbocycles. The van der Waals surface area contributed by atoms with Gasteiger partial charge in [-0.25, -0.2) is 4.98 Å². The van der Waals surface area contributed by atoms with Gasteiger partial charge in [-0.15, -0.1) is 0 Å². The largest absolute Gasteiger partial charge is 0.438 e. The summed E-state index contributed by atoms with van der Waals surface area (Å²) in [5.74, 6) is 1.20. The highest BCUT2D eigenvalue weighted by Crippen LogP contribution is 2.26. The van der Waals surface area contributed by atoms with E-state index in [-0.39, 0.29) is 4.99 Å². The fraction of sp³-hybridized carbons (Fsp3) is 0.143. The first-order valence-electron chi connectivity index (χ1n) is 5.58. The monoisotopic (exact) mass is 258 g/mol. The number of benzene rings is 1. The summed E-state index contributed by atoms with van der Waals surface area (Å²) in [6.07, 6.45) is 1.65. The molecule has 0 aliphatic heterocycles. The van der Waals surface area contributed by atoms with Crippen LogP contribution in [0.2, 0.25) is 0 Å². The zero-order valence-corrected chi connectivity index (χ0v) is 11.1. The van der Waals surface area contributed by atoms with Crippen molar-refractivity contribution in [3.05, 3.63) is 53.2 Å². The van der Waals surface area contributed by atoms with E-state index in [0.717, 1.165) is 11.3 Å². The van der Waals surface area contributed by atoms with E-state index in [1.807, 2.05) is 26.0 Å². The molecule has 18 heavy (non-hydrogen) atoms. The van der Waals surface area contributed by atoms with Crippen LogP contribution in [-0.2, 0) is 0 Å². The molecule has 4 heteroatoms. The summed E-state index contributed by atoms with van der Waals surface area (Å²) >= 11 is 4.98. The molecule has 3 nitrogen and oxygen atoms in total. The Hall–Kier alpha value is -1.94. The number of pyridine rings is 1. The number of aryl methyl sites for hydroxylation is 2. The standard InChI is InChI=1S/C14H14N2OS/c1-9-5-6-12(10(2)8-9)17-14-11(13(15)18)4-3-7-16-14/h3-8H,1-2H3,(H2,15,18). The fourth-order valence-electron chi connectivity index (χ4n) is 1.68. The minimum Gasteiger partial charge on any atom is -0.438 e. The SMILES string of the molecule is Cc1ccc(Oc2ncccc2C(N)=S)c(C)c1. The van der Waals surface area contributed by atoms with Crippen LogP contribution < -0.4 is 10.5 Å². The lowest BCUT2D eigenvalue weighted by molar-refractivity contribution is 0.458. The fourth-order valence-corrected chi connectivity index (χ4v) is 1.83. The lowest BCUT2D eigenvalue weighted by atomic mass is 10.1. The van der Waals surface area contributed by atoms with Crippen molar-refractivity contribution in [3.8, 4) is 11.6 Å². The van der Waals surface area contributed by atoms with Crippen molar-refractivity contribution < 1.29 is 4.74 Å². The van der Waals surface area contributed by atoms with Crippen LogP contribution in [-0.4, -0.2) is 9.97 Å². The molecule has 2 aromatic rings. The van der Waals surface area contributed by atoms with Gasteiger partial charge in [0.2, 0.25) is 5.88 Å². The van der Waals surface area contributed by atoms with E-state index in [2.05, 4.69) is 11.1 Å². The molecule has 0 fully saturated rings. The number of ether oxygens (including phenoxy) is 1. The van der Waals surface area contributed by atoms with Crippen molar-refractivity contribution in [2.24, 2.45) is 5.73 Å². The van der Waals surface area contributed by atoms with Crippen LogP contribution in [0, 0.1) is 13.8 Å². The second kappa shape index (κ2) is 5.14. The highest BCUT2D eigenvalue weighted by Gasteiger charge is 2.09. The quantitative estimate of drug-likeness (QED) is 0.859. The second-order valence-corrected chi connectivity index (χ2v) is 4.53. The molecule has 0 saturated carbocycles. The maximum atomic E-state index is 5.78. The summed E-state index contributed by atoms with van der Waals surface area (Å²) < 4.78 is 5.78. The molecule has 0 radical (unpaired) electrons. The lowest BCUT2D eigenvalue weighted by Gasteiger charge is -2.11. The van der Waals surface area contributed by atoms with Crippen LogP contribution in [0.25, 0.3) is 0 Å². The molecule has 0 spiro atoms. The Morgan fingerprint density at radius 2 is 2.06 bits per heavy atom. The molecule has 2 N–H and O–H groups in total. The molecule has 0 atom stereocenters. The first kappa shape index (κ1) is 12.5. The van der Waals surface area contributed by atoms with Crippen molar-refractivity contribution in [3.63, 3.8) is 0 Å². The van der Waals surface area contributed by atoms with Gasteiger partial charge in [0.05, 0.1) is 5.56 Å². The second-order valence-electron chi connectivity index (χ2n) is 4.09. The van der Waals surface area contributed by atoms with Crippen molar-refractivity contribution in [2.75, 3.05) is 0 Å². The molecule has 1 heterocycles. The number of nitrogens with two attached hydrogens (primary N) is 1. The van der Waals surface area contributed by atoms with E-state index in [4.69, 9.17) is 22.7 Å². The van der Waals surface area contributed by atoms with E-state index in [1.54, 1.807) is 18.3 Å². The summed E-state index contributed by atoms with van der Waals surface area (Å²) in [7, 11) is 0. The van der Waals surface area contributed by atoms with Gasteiger partial charge in [0, 0.05) is 6.20 Å². The van der Waals surface area contributed by atoms with Crippen LogP contribution in [0.5, 0.6) is 11.6 Å². The molecular weight excluding hydrogens is 244 g/mol. The Balaban J connectivity index is 2.37. The maximum Gasteiger partial charge on any atom is 0.229 e. The molecular formula is C14H14N2OS. The third-order valence-corrected chi connectivity index (χ3v) is 2.79. The highest BCUT2D eigenvalue weighted by molar-refractivity contribution is 7.80. The molecule has 0 bridgehead atoms. The van der Waals surface area contributed by atoms with Crippen LogP contribution in [0.3, 0.4) is 0 Å². The molecule has 2 rings (SSSR count). The number of hydrogen-bond donors (Lipinski definition) is 1. The maximum absolute atomic E-state index is 5.78. The average molecular weight is 258 g/mol. The van der Waals surface area contributed by atoms with Gasteiger partial charge in [0.1, 0.15) is 10.7 Å². The summed E-state index contributed by atoms with van der Waals surface area (Å²) in [6.45, 7) is 4.03. The number of thiocarbonyl (C=S) groups is 1. The van der Waals surface area contributed by atoms with Crippen LogP contribution in [0.1, 0.15) is 16.7 Å². The molecule has 92 valence electrons. The smallest absolute Gasteiger partial charge is 0.229 e. The van der Waals surface area contributed by atoms with Gasteiger partial charge >= 0.3 is 0 Å². The average Bonchev–Trinajstić information content (AvgIpc) is 2.33. The lowest BCUT2D eigenvalue weighted by Crippen LogP contribution is -2.11. The van der Waals surface area contributed by atoms with Crippen molar-refractivity contribution in [2.45, 2.75) is 13.8 Å². The van der Waals surface area contributed by atoms with E-state index >= 15 is 0 Å². The summed E-state index contributed by atoms with van der Waals surface area (Å²) in [5.41, 5.74) is 8.53. The molecule has 1 aromatic heterocycles. The first-order valence-corrected chi connectivity index (χ1v) is 5.98. The van der Waals surface area contributed by atoms with E-state index in [9.17, 15) is 0 Å². The zero-order valence-electron chi connectivity index (χ0n) is 10.3. The summed E-state index contributed by atoms with van der Waals surface area (Å²) in [6, 6.07) is 9.55. The highest BCUT2D eigenvalue weighted by atomic mass is 32.1. The van der Waals surface area contributed by atoms with E-state index in [1.165, 1.54) is 5.56 Å². The third-order valence-electron chi connectivity index (χ3n) is 2.57. The van der Waals surface area contributed by atoms with Gasteiger partial charge in [-0.2, -0.15) is 0 Å². The van der Waals surface area contributed by atoms with Crippen molar-refractivity contribution in [1.82, 2.24) is 4.98 Å². The minimum absolute atomic E-state index is 0.280.